The van der Waals surface area contributed by atoms with Gasteiger partial charge in [-0.05, 0) is 42.2 Å². The number of fused-ring (bicyclic) bond motifs is 4. The van der Waals surface area contributed by atoms with E-state index < -0.39 is 32.6 Å². The fourth-order valence-corrected chi connectivity index (χ4v) is 6.19. The van der Waals surface area contributed by atoms with E-state index in [1.165, 1.54) is 4.90 Å². The molecule has 0 unspecified atom stereocenters. The van der Waals surface area contributed by atoms with E-state index in [4.69, 9.17) is 4.74 Å². The largest absolute Gasteiger partial charge is 0.468 e. The molecule has 2 aliphatic rings. The van der Waals surface area contributed by atoms with Crippen molar-refractivity contribution in [3.63, 3.8) is 0 Å². The molecule has 1 fully saturated rings. The molecule has 2 aliphatic heterocycles. The number of para-hydroxylation sites is 1. The van der Waals surface area contributed by atoms with Gasteiger partial charge in [0.15, 0.2) is 20.8 Å². The zero-order valence-electron chi connectivity index (χ0n) is 16.5. The van der Waals surface area contributed by atoms with E-state index in [1.807, 2.05) is 43.3 Å². The van der Waals surface area contributed by atoms with Gasteiger partial charge in [-0.15, -0.1) is 0 Å². The van der Waals surface area contributed by atoms with Crippen LogP contribution in [-0.2, 0) is 14.6 Å². The Balaban J connectivity index is 1.83. The van der Waals surface area contributed by atoms with Gasteiger partial charge in [-0.1, -0.05) is 44.2 Å². The maximum atomic E-state index is 13.6. The van der Waals surface area contributed by atoms with Crippen LogP contribution in [0, 0.1) is 0 Å². The molecule has 0 radical (unpaired) electrons. The standard InChI is InChI=1S/C22H25NO4S/c1-14(2)15-9-11-16(12-10-15)28(25,26)20-18-13-22(3,23(4)21(20)24)27-19-8-6-5-7-17(18)19/h5-12,14,18,20H,13H2,1-4H3/t18-,20-,22+/m0/s1. The lowest BCUT2D eigenvalue weighted by Gasteiger charge is -2.51. The number of likely N-dealkylation sites (tertiary alicyclic amines) is 1. The Morgan fingerprint density at radius 3 is 2.39 bits per heavy atom. The monoisotopic (exact) mass is 399 g/mol. The number of ether oxygens (including phenoxy) is 1. The number of carbonyl (C=O) groups is 1. The summed E-state index contributed by atoms with van der Waals surface area (Å²) in [7, 11) is -2.23. The van der Waals surface area contributed by atoms with E-state index in [1.54, 1.807) is 19.2 Å². The van der Waals surface area contributed by atoms with Crippen LogP contribution in [0.15, 0.2) is 53.4 Å². The lowest BCUT2D eigenvalue weighted by atomic mass is 9.80. The maximum Gasteiger partial charge on any atom is 0.244 e. The van der Waals surface area contributed by atoms with Gasteiger partial charge in [0, 0.05) is 19.4 Å². The van der Waals surface area contributed by atoms with Gasteiger partial charge in [0.1, 0.15) is 5.75 Å². The highest BCUT2D eigenvalue weighted by Crippen LogP contribution is 2.49. The first-order chi connectivity index (χ1) is 13.1. The number of hydrogen-bond donors (Lipinski definition) is 0. The van der Waals surface area contributed by atoms with E-state index in [0.717, 1.165) is 11.1 Å². The zero-order chi connectivity index (χ0) is 20.3. The second-order valence-corrected chi connectivity index (χ2v) is 10.3. The number of amides is 1. The minimum atomic E-state index is -3.85. The second-order valence-electron chi connectivity index (χ2n) is 8.21. The van der Waals surface area contributed by atoms with E-state index in [2.05, 4.69) is 13.8 Å². The van der Waals surface area contributed by atoms with Crippen LogP contribution in [0.25, 0.3) is 0 Å². The predicted octanol–water partition coefficient (Wildman–Crippen LogP) is 3.71. The second kappa shape index (κ2) is 6.34. The van der Waals surface area contributed by atoms with Crippen LogP contribution in [-0.4, -0.2) is 37.2 Å². The molecule has 2 bridgehead atoms. The third-order valence-electron chi connectivity index (χ3n) is 6.11. The van der Waals surface area contributed by atoms with Crippen molar-refractivity contribution in [3.8, 4) is 5.75 Å². The summed E-state index contributed by atoms with van der Waals surface area (Å²) in [4.78, 5) is 14.9. The summed E-state index contributed by atoms with van der Waals surface area (Å²) in [5.74, 6) is 0.104. The average molecular weight is 400 g/mol. The Morgan fingerprint density at radius 1 is 1.11 bits per heavy atom. The van der Waals surface area contributed by atoms with Crippen molar-refractivity contribution in [2.24, 2.45) is 0 Å². The summed E-state index contributed by atoms with van der Waals surface area (Å²) in [6, 6.07) is 14.3. The number of carbonyl (C=O) groups excluding carboxylic acids is 1. The highest BCUT2D eigenvalue weighted by atomic mass is 32.2. The van der Waals surface area contributed by atoms with Crippen LogP contribution < -0.4 is 4.74 Å². The third kappa shape index (κ3) is 2.73. The highest BCUT2D eigenvalue weighted by molar-refractivity contribution is 7.92. The van der Waals surface area contributed by atoms with Gasteiger partial charge < -0.3 is 9.64 Å². The van der Waals surface area contributed by atoms with E-state index >= 15 is 0 Å². The Morgan fingerprint density at radius 2 is 1.75 bits per heavy atom. The highest BCUT2D eigenvalue weighted by Gasteiger charge is 2.56. The molecule has 0 aliphatic carbocycles. The first-order valence-corrected chi connectivity index (χ1v) is 11.1. The van der Waals surface area contributed by atoms with Gasteiger partial charge in [0.2, 0.25) is 5.91 Å². The molecule has 2 heterocycles. The SMILES string of the molecule is CC(C)c1ccc(S(=O)(=O)[C@@H]2C(=O)N(C)[C@@]3(C)C[C@H]2c2ccccc2O3)cc1. The molecule has 0 spiro atoms. The summed E-state index contributed by atoms with van der Waals surface area (Å²) in [6.45, 7) is 5.96. The van der Waals surface area contributed by atoms with Crippen molar-refractivity contribution in [2.75, 3.05) is 7.05 Å². The molecular formula is C22H25NO4S. The lowest BCUT2D eigenvalue weighted by Crippen LogP contribution is -2.64. The molecule has 28 heavy (non-hydrogen) atoms. The Labute approximate surface area is 166 Å². The first-order valence-electron chi connectivity index (χ1n) is 9.54. The molecule has 0 N–H and O–H groups in total. The minimum absolute atomic E-state index is 0.191. The Bertz CT molecular complexity index is 1030. The molecule has 2 aromatic rings. The summed E-state index contributed by atoms with van der Waals surface area (Å²) in [5, 5.41) is -1.15. The first kappa shape index (κ1) is 19.0. The van der Waals surface area contributed by atoms with Crippen molar-refractivity contribution in [2.45, 2.75) is 54.9 Å². The Kier molecular flexibility index (Phi) is 4.30. The fourth-order valence-electron chi connectivity index (χ4n) is 4.29. The molecule has 1 amide bonds. The van der Waals surface area contributed by atoms with E-state index in [0.29, 0.717) is 18.1 Å². The molecule has 0 aromatic heterocycles. The van der Waals surface area contributed by atoms with E-state index in [-0.39, 0.29) is 4.90 Å². The lowest BCUT2D eigenvalue weighted by molar-refractivity contribution is -0.159. The molecule has 2 aromatic carbocycles. The quantitative estimate of drug-likeness (QED) is 0.789. The van der Waals surface area contributed by atoms with Gasteiger partial charge in [-0.25, -0.2) is 8.42 Å². The van der Waals surface area contributed by atoms with Crippen LogP contribution in [0.5, 0.6) is 5.75 Å². The topological polar surface area (TPSA) is 63.7 Å². The fraction of sp³-hybridized carbons (Fsp3) is 0.409. The number of nitrogens with zero attached hydrogens (tertiary/aromatic N) is 1. The molecule has 5 nitrogen and oxygen atoms in total. The maximum absolute atomic E-state index is 13.6. The molecule has 0 saturated carbocycles. The number of benzene rings is 2. The summed E-state index contributed by atoms with van der Waals surface area (Å²) in [6.07, 6.45) is 0.445. The summed E-state index contributed by atoms with van der Waals surface area (Å²) in [5.41, 5.74) is 1.01. The molecule has 4 rings (SSSR count). The number of piperidine rings is 1. The smallest absolute Gasteiger partial charge is 0.244 e. The molecular weight excluding hydrogens is 374 g/mol. The van der Waals surface area contributed by atoms with Gasteiger partial charge >= 0.3 is 0 Å². The van der Waals surface area contributed by atoms with Gasteiger partial charge in [0.25, 0.3) is 0 Å². The number of hydrogen-bond acceptors (Lipinski definition) is 4. The van der Waals surface area contributed by atoms with Crippen molar-refractivity contribution in [1.29, 1.82) is 0 Å². The van der Waals surface area contributed by atoms with Crippen LogP contribution in [0.2, 0.25) is 0 Å². The average Bonchev–Trinajstić information content (AvgIpc) is 2.66. The van der Waals surface area contributed by atoms with Crippen molar-refractivity contribution in [1.82, 2.24) is 4.90 Å². The van der Waals surface area contributed by atoms with Crippen LogP contribution in [0.3, 0.4) is 0 Å². The number of rotatable bonds is 3. The van der Waals surface area contributed by atoms with Gasteiger partial charge in [-0.2, -0.15) is 0 Å². The van der Waals surface area contributed by atoms with Crippen molar-refractivity contribution < 1.29 is 17.9 Å². The minimum Gasteiger partial charge on any atom is -0.468 e. The third-order valence-corrected chi connectivity index (χ3v) is 8.23. The van der Waals surface area contributed by atoms with Gasteiger partial charge in [-0.3, -0.25) is 4.79 Å². The molecule has 1 saturated heterocycles. The molecule has 3 atom stereocenters. The van der Waals surface area contributed by atoms with Crippen LogP contribution in [0.1, 0.15) is 50.2 Å². The molecule has 148 valence electrons. The molecule has 6 heteroatoms. The zero-order valence-corrected chi connectivity index (χ0v) is 17.4. The van der Waals surface area contributed by atoms with Crippen molar-refractivity contribution in [3.05, 3.63) is 59.7 Å². The Hall–Kier alpha value is -2.34. The summed E-state index contributed by atoms with van der Waals surface area (Å²) < 4.78 is 33.2. The van der Waals surface area contributed by atoms with Gasteiger partial charge in [0.05, 0.1) is 4.90 Å². The number of sulfone groups is 1. The van der Waals surface area contributed by atoms with Crippen LogP contribution >= 0.6 is 0 Å². The summed E-state index contributed by atoms with van der Waals surface area (Å²) >= 11 is 0. The van der Waals surface area contributed by atoms with Crippen LogP contribution in [0.4, 0.5) is 0 Å². The predicted molar refractivity (Wildman–Crippen MR) is 107 cm³/mol. The van der Waals surface area contributed by atoms with Crippen molar-refractivity contribution >= 4 is 15.7 Å². The van der Waals surface area contributed by atoms with E-state index in [9.17, 15) is 13.2 Å². The normalized spacial score (nSPS) is 26.8.